The van der Waals surface area contributed by atoms with Crippen LogP contribution in [0.5, 0.6) is 0 Å². The first-order chi connectivity index (χ1) is 6.07. The Kier molecular flexibility index (Phi) is 4.23. The minimum absolute atomic E-state index is 0.249. The van der Waals surface area contributed by atoms with Gasteiger partial charge in [0.2, 0.25) is 0 Å². The number of hydrogen-bond acceptors (Lipinski definition) is 4. The van der Waals surface area contributed by atoms with Gasteiger partial charge in [0.25, 0.3) is 0 Å². The van der Waals surface area contributed by atoms with Gasteiger partial charge >= 0.3 is 0 Å². The van der Waals surface area contributed by atoms with Crippen LogP contribution in [0.2, 0.25) is 0 Å². The normalized spacial score (nSPS) is 15.3. The lowest BCUT2D eigenvalue weighted by atomic mass is 10.6. The van der Waals surface area contributed by atoms with Crippen molar-refractivity contribution in [3.05, 3.63) is 5.69 Å². The number of nitrogens with zero attached hydrogens (tertiary/aromatic N) is 3. The molecule has 1 aromatic rings. The predicted octanol–water partition coefficient (Wildman–Crippen LogP) is 0.381. The molecule has 0 saturated carbocycles. The maximum absolute atomic E-state index is 12.8. The van der Waals surface area contributed by atoms with E-state index in [9.17, 15) is 3.89 Å². The van der Waals surface area contributed by atoms with Crippen molar-refractivity contribution in [3.8, 4) is 0 Å². The van der Waals surface area contributed by atoms with Crippen molar-refractivity contribution in [2.24, 2.45) is 0 Å². The third kappa shape index (κ3) is 2.46. The molecule has 13 heavy (non-hydrogen) atoms. The molecule has 74 valence electrons. The van der Waals surface area contributed by atoms with Gasteiger partial charge in [0.1, 0.15) is 9.84 Å². The van der Waals surface area contributed by atoms with Crippen LogP contribution in [-0.4, -0.2) is 20.7 Å². The van der Waals surface area contributed by atoms with E-state index < -0.39 is 9.84 Å². The van der Waals surface area contributed by atoms with Gasteiger partial charge in [-0.1, -0.05) is 5.21 Å². The van der Waals surface area contributed by atoms with Gasteiger partial charge in [-0.15, -0.1) is 5.10 Å². The monoisotopic (exact) mass is 274 g/mol. The van der Waals surface area contributed by atoms with E-state index in [2.05, 4.69) is 21.5 Å². The summed E-state index contributed by atoms with van der Waals surface area (Å²) in [7, 11) is -0.785. The maximum Gasteiger partial charge on any atom is 0.177 e. The number of halogens is 1. The number of aromatic nitrogens is 3. The van der Waals surface area contributed by atoms with Crippen LogP contribution in [0.1, 0.15) is 5.69 Å². The fourth-order valence-corrected chi connectivity index (χ4v) is 3.45. The first-order valence-electron chi connectivity index (χ1n) is 3.05. The van der Waals surface area contributed by atoms with Gasteiger partial charge < -0.3 is 0 Å². The Morgan fingerprint density at radius 3 is 2.62 bits per heavy atom. The largest absolute Gasteiger partial charge is 0.187 e. The lowest BCUT2D eigenvalue weighted by molar-refractivity contribution is 0.855. The lowest BCUT2D eigenvalue weighted by Crippen LogP contribution is -2.05. The Bertz CT molecular complexity index is 406. The molecule has 0 aliphatic carbocycles. The van der Waals surface area contributed by atoms with Crippen LogP contribution in [0.25, 0.3) is 0 Å². The highest BCUT2D eigenvalue weighted by molar-refractivity contribution is 8.47. The Morgan fingerprint density at radius 2 is 2.23 bits per heavy atom. The van der Waals surface area contributed by atoms with Crippen molar-refractivity contribution in [2.75, 3.05) is 6.26 Å². The van der Waals surface area contributed by atoms with Crippen molar-refractivity contribution in [3.63, 3.8) is 0 Å². The summed E-state index contributed by atoms with van der Waals surface area (Å²) in [5, 5.41) is 7.73. The second-order valence-electron chi connectivity index (χ2n) is 2.07. The first kappa shape index (κ1) is 11.5. The molecule has 2 unspecified atom stereocenters. The highest BCUT2D eigenvalue weighted by Crippen LogP contribution is 2.10. The van der Waals surface area contributed by atoms with E-state index in [1.165, 1.54) is 8.88 Å². The fraction of sp³-hybridized carbons (Fsp3) is 0.500. The molecule has 0 saturated heterocycles. The third-order valence-corrected chi connectivity index (χ3v) is 6.28. The van der Waals surface area contributed by atoms with Crippen LogP contribution in [0.3, 0.4) is 0 Å². The van der Waals surface area contributed by atoms with Crippen LogP contribution < -0.4 is 0 Å². The zero-order valence-corrected chi connectivity index (χ0v) is 10.8. The summed E-state index contributed by atoms with van der Waals surface area (Å²) in [6.07, 6.45) is 1.91. The average molecular weight is 274 g/mol. The molecule has 0 amide bonds. The molecule has 0 bridgehead atoms. The van der Waals surface area contributed by atoms with Crippen LogP contribution in [0.15, 0.2) is 5.03 Å². The van der Waals surface area contributed by atoms with Gasteiger partial charge in [-0.2, -0.15) is 7.97 Å². The number of hydrogen-bond donors (Lipinski definition) is 0. The van der Waals surface area contributed by atoms with E-state index >= 15 is 0 Å². The molecule has 1 rings (SSSR count). The van der Waals surface area contributed by atoms with E-state index in [1.807, 2.05) is 6.26 Å². The second-order valence-corrected chi connectivity index (χ2v) is 8.19. The summed E-state index contributed by atoms with van der Waals surface area (Å²) in [5.74, 6) is 0. The third-order valence-electron chi connectivity index (χ3n) is 1.31. The highest BCUT2D eigenvalue weighted by atomic mass is 33.1. The average Bonchev–Trinajstić information content (AvgIpc) is 2.46. The Balaban J connectivity index is 3.29. The zero-order valence-electron chi connectivity index (χ0n) is 6.76. The first-order valence-corrected chi connectivity index (χ1v) is 8.94. The second kappa shape index (κ2) is 4.78. The zero-order chi connectivity index (χ0) is 10.0. The summed E-state index contributed by atoms with van der Waals surface area (Å²) < 4.78 is 14.4. The number of rotatable bonds is 2. The van der Waals surface area contributed by atoms with Crippen molar-refractivity contribution >= 4 is 50.7 Å². The molecule has 0 aromatic carbocycles. The van der Waals surface area contributed by atoms with Crippen LogP contribution >= 0.6 is 0 Å². The Labute approximate surface area is 92.5 Å². The predicted molar refractivity (Wildman–Crippen MR) is 62.3 cm³/mol. The van der Waals surface area contributed by atoms with Crippen molar-refractivity contribution < 1.29 is 3.89 Å². The summed E-state index contributed by atoms with van der Waals surface area (Å²) in [4.78, 5) is 0. The molecule has 1 aromatic heterocycles. The topological polar surface area (TPSA) is 30.7 Å². The molecule has 0 N–H and O–H groups in total. The van der Waals surface area contributed by atoms with Gasteiger partial charge in [0.05, 0.1) is 5.69 Å². The van der Waals surface area contributed by atoms with Gasteiger partial charge in [0, 0.05) is 6.26 Å². The van der Waals surface area contributed by atoms with Crippen molar-refractivity contribution in [1.82, 2.24) is 14.4 Å². The quantitative estimate of drug-likeness (QED) is 0.730. The Morgan fingerprint density at radius 1 is 1.62 bits per heavy atom. The SMILES string of the molecule is Cc1c(S([18F])=S)nnn1S(C)=S=S. The molecule has 0 aliphatic rings. The van der Waals surface area contributed by atoms with E-state index in [0.29, 0.717) is 5.69 Å². The lowest BCUT2D eigenvalue weighted by Gasteiger charge is -1.99. The van der Waals surface area contributed by atoms with Crippen LogP contribution in [0, 0.1) is 6.92 Å². The molecule has 0 fully saturated rings. The van der Waals surface area contributed by atoms with Gasteiger partial charge in [-0.3, -0.25) is 0 Å². The molecule has 0 aliphatic heterocycles. The molecular formula is C4H6FN3S5. The summed E-state index contributed by atoms with van der Waals surface area (Å²) in [6.45, 7) is 1.75. The van der Waals surface area contributed by atoms with E-state index in [-0.39, 0.29) is 14.7 Å². The molecular weight excluding hydrogens is 268 g/mol. The summed E-state index contributed by atoms with van der Waals surface area (Å²) >= 11 is 9.30. The van der Waals surface area contributed by atoms with Gasteiger partial charge in [-0.25, -0.2) is 0 Å². The molecule has 2 atom stereocenters. The fourth-order valence-electron chi connectivity index (χ4n) is 0.724. The van der Waals surface area contributed by atoms with E-state index in [4.69, 9.17) is 11.2 Å². The Hall–Kier alpha value is 0.430. The van der Waals surface area contributed by atoms with Crippen LogP contribution in [-0.2, 0) is 50.7 Å². The van der Waals surface area contributed by atoms with E-state index in [0.717, 1.165) is 0 Å². The summed E-state index contributed by atoms with van der Waals surface area (Å²) in [5.41, 5.74) is 0.670. The highest BCUT2D eigenvalue weighted by Gasteiger charge is 2.12. The molecule has 1 heterocycles. The minimum Gasteiger partial charge on any atom is -0.187 e. The molecule has 0 radical (unpaired) electrons. The molecule has 0 spiro atoms. The van der Waals surface area contributed by atoms with Gasteiger partial charge in [-0.05, 0) is 47.8 Å². The standard InChI is InChI=1S/C4H6FN3S5/c1-3-4(13(5)10)6-7-8(3)12(2)11-9/h1-2H3/i5-1. The van der Waals surface area contributed by atoms with E-state index in [1.54, 1.807) is 11.0 Å². The smallest absolute Gasteiger partial charge is 0.177 e. The molecule has 3 nitrogen and oxygen atoms in total. The van der Waals surface area contributed by atoms with Gasteiger partial charge in [0.15, 0.2) is 5.03 Å². The van der Waals surface area contributed by atoms with Crippen LogP contribution in [0.4, 0.5) is 3.89 Å². The maximum atomic E-state index is 12.8. The molecule has 9 heteroatoms. The minimum atomic E-state index is -1.74. The van der Waals surface area contributed by atoms with Crippen molar-refractivity contribution in [1.29, 1.82) is 0 Å². The van der Waals surface area contributed by atoms with Crippen molar-refractivity contribution in [2.45, 2.75) is 11.9 Å². The summed E-state index contributed by atoms with van der Waals surface area (Å²) in [6, 6.07) is 0.